The van der Waals surface area contributed by atoms with Crippen molar-refractivity contribution in [2.24, 2.45) is 0 Å². The summed E-state index contributed by atoms with van der Waals surface area (Å²) in [7, 11) is 0. The van der Waals surface area contributed by atoms with Crippen molar-refractivity contribution in [1.82, 2.24) is 4.98 Å². The maximum absolute atomic E-state index is 13.8. The fourth-order valence-corrected chi connectivity index (χ4v) is 2.64. The average Bonchev–Trinajstić information content (AvgIpc) is 2.50. The molecule has 0 saturated heterocycles. The number of nitrogens with zero attached hydrogens (tertiary/aromatic N) is 1. The van der Waals surface area contributed by atoms with Crippen LogP contribution in [0.25, 0.3) is 10.8 Å². The van der Waals surface area contributed by atoms with Crippen LogP contribution in [0.5, 0.6) is 0 Å². The van der Waals surface area contributed by atoms with Crippen molar-refractivity contribution in [1.29, 1.82) is 0 Å². The van der Waals surface area contributed by atoms with Crippen LogP contribution in [0.4, 0.5) is 15.8 Å². The van der Waals surface area contributed by atoms with Crippen molar-refractivity contribution in [2.45, 2.75) is 6.54 Å². The first kappa shape index (κ1) is 13.8. The molecule has 1 heterocycles. The van der Waals surface area contributed by atoms with Gasteiger partial charge in [-0.1, -0.05) is 15.9 Å². The van der Waals surface area contributed by atoms with Crippen molar-refractivity contribution in [3.8, 4) is 0 Å². The molecule has 21 heavy (non-hydrogen) atoms. The molecule has 0 aliphatic rings. The smallest absolute Gasteiger partial charge is 0.128 e. The quantitative estimate of drug-likeness (QED) is 0.694. The first-order valence-corrected chi connectivity index (χ1v) is 7.24. The van der Waals surface area contributed by atoms with E-state index in [0.717, 1.165) is 20.9 Å². The van der Waals surface area contributed by atoms with Crippen LogP contribution in [0.3, 0.4) is 0 Å². The van der Waals surface area contributed by atoms with Crippen LogP contribution in [0.1, 0.15) is 5.56 Å². The number of benzene rings is 2. The number of hydrogen-bond acceptors (Lipinski definition) is 3. The van der Waals surface area contributed by atoms with Crippen LogP contribution in [0, 0.1) is 5.82 Å². The summed E-state index contributed by atoms with van der Waals surface area (Å²) in [5.74, 6) is -0.230. The third-order valence-corrected chi connectivity index (χ3v) is 3.82. The molecule has 106 valence electrons. The van der Waals surface area contributed by atoms with Gasteiger partial charge < -0.3 is 11.1 Å². The highest BCUT2D eigenvalue weighted by Gasteiger charge is 2.06. The molecule has 0 aliphatic heterocycles. The first-order chi connectivity index (χ1) is 10.1. The Morgan fingerprint density at radius 2 is 2.00 bits per heavy atom. The van der Waals surface area contributed by atoms with E-state index in [2.05, 4.69) is 26.2 Å². The van der Waals surface area contributed by atoms with E-state index in [-0.39, 0.29) is 5.82 Å². The topological polar surface area (TPSA) is 50.9 Å². The van der Waals surface area contributed by atoms with Crippen LogP contribution >= 0.6 is 15.9 Å². The number of pyridine rings is 1. The molecule has 0 saturated carbocycles. The highest BCUT2D eigenvalue weighted by molar-refractivity contribution is 9.10. The van der Waals surface area contributed by atoms with Gasteiger partial charge in [0.15, 0.2) is 0 Å². The predicted molar refractivity (Wildman–Crippen MR) is 87.6 cm³/mol. The lowest BCUT2D eigenvalue weighted by Crippen LogP contribution is -2.03. The number of nitrogen functional groups attached to an aromatic ring is 1. The van der Waals surface area contributed by atoms with Gasteiger partial charge in [-0.3, -0.25) is 4.98 Å². The van der Waals surface area contributed by atoms with E-state index in [0.29, 0.717) is 17.8 Å². The lowest BCUT2D eigenvalue weighted by Gasteiger charge is -2.12. The monoisotopic (exact) mass is 345 g/mol. The van der Waals surface area contributed by atoms with Crippen molar-refractivity contribution >= 4 is 38.1 Å². The van der Waals surface area contributed by atoms with Crippen molar-refractivity contribution in [3.05, 3.63) is 64.6 Å². The van der Waals surface area contributed by atoms with Gasteiger partial charge >= 0.3 is 0 Å². The molecule has 2 aromatic carbocycles. The number of aromatic nitrogens is 1. The fraction of sp³-hybridized carbons (Fsp3) is 0.0625. The Hall–Kier alpha value is -2.14. The molecule has 0 fully saturated rings. The Bertz CT molecular complexity index is 805. The predicted octanol–water partition coefficient (Wildman–Crippen LogP) is 4.33. The van der Waals surface area contributed by atoms with Crippen LogP contribution in [-0.4, -0.2) is 4.98 Å². The summed E-state index contributed by atoms with van der Waals surface area (Å²) in [4.78, 5) is 4.08. The second-order valence-corrected chi connectivity index (χ2v) is 5.63. The molecule has 0 bridgehead atoms. The minimum Gasteiger partial charge on any atom is -0.398 e. The Kier molecular flexibility index (Phi) is 3.75. The van der Waals surface area contributed by atoms with E-state index in [9.17, 15) is 4.39 Å². The molecule has 0 unspecified atom stereocenters. The van der Waals surface area contributed by atoms with E-state index < -0.39 is 0 Å². The summed E-state index contributed by atoms with van der Waals surface area (Å²) in [5, 5.41) is 5.11. The first-order valence-electron chi connectivity index (χ1n) is 6.45. The highest BCUT2D eigenvalue weighted by Crippen LogP contribution is 2.28. The Morgan fingerprint density at radius 1 is 1.14 bits per heavy atom. The Labute approximate surface area is 130 Å². The summed E-state index contributed by atoms with van der Waals surface area (Å²) >= 11 is 3.35. The van der Waals surface area contributed by atoms with Crippen molar-refractivity contribution in [3.63, 3.8) is 0 Å². The normalized spacial score (nSPS) is 10.8. The van der Waals surface area contributed by atoms with Gasteiger partial charge in [-0.05, 0) is 36.4 Å². The zero-order valence-corrected chi connectivity index (χ0v) is 12.7. The SMILES string of the molecule is Nc1ccc(NCc2cc(Br)ccc2F)c2ccncc12. The van der Waals surface area contributed by atoms with E-state index in [1.165, 1.54) is 6.07 Å². The molecule has 0 atom stereocenters. The maximum atomic E-state index is 13.8. The average molecular weight is 346 g/mol. The van der Waals surface area contributed by atoms with Gasteiger partial charge in [0, 0.05) is 51.1 Å². The van der Waals surface area contributed by atoms with Gasteiger partial charge in [-0.25, -0.2) is 4.39 Å². The Morgan fingerprint density at radius 3 is 2.86 bits per heavy atom. The van der Waals surface area contributed by atoms with Gasteiger partial charge in [0.1, 0.15) is 5.82 Å². The van der Waals surface area contributed by atoms with Gasteiger partial charge in [0.2, 0.25) is 0 Å². The minimum atomic E-state index is -0.230. The molecule has 3 rings (SSSR count). The number of nitrogens with two attached hydrogens (primary N) is 1. The summed E-state index contributed by atoms with van der Waals surface area (Å²) in [6.07, 6.45) is 3.45. The molecular formula is C16H13BrFN3. The number of rotatable bonds is 3. The number of anilines is 2. The van der Waals surface area contributed by atoms with Gasteiger partial charge in [-0.2, -0.15) is 0 Å². The second-order valence-electron chi connectivity index (χ2n) is 4.71. The third-order valence-electron chi connectivity index (χ3n) is 3.33. The maximum Gasteiger partial charge on any atom is 0.128 e. The summed E-state index contributed by atoms with van der Waals surface area (Å²) in [5.41, 5.74) is 8.12. The van der Waals surface area contributed by atoms with Crippen LogP contribution in [0.15, 0.2) is 53.3 Å². The molecule has 1 aromatic heterocycles. The number of nitrogens with one attached hydrogen (secondary N) is 1. The zero-order chi connectivity index (χ0) is 14.8. The molecule has 3 aromatic rings. The van der Waals surface area contributed by atoms with Gasteiger partial charge in [0.05, 0.1) is 0 Å². The van der Waals surface area contributed by atoms with E-state index in [4.69, 9.17) is 5.73 Å². The largest absolute Gasteiger partial charge is 0.398 e. The van der Waals surface area contributed by atoms with Crippen LogP contribution in [-0.2, 0) is 6.54 Å². The summed E-state index contributed by atoms with van der Waals surface area (Å²) in [6.45, 7) is 0.395. The number of halogens is 2. The molecule has 0 amide bonds. The summed E-state index contributed by atoms with van der Waals surface area (Å²) < 4.78 is 14.6. The lowest BCUT2D eigenvalue weighted by atomic mass is 10.1. The standard InChI is InChI=1S/C16H13BrFN3/c17-11-1-2-14(18)10(7-11)8-21-16-4-3-15(19)13-9-20-6-5-12(13)16/h1-7,9,21H,8,19H2. The summed E-state index contributed by atoms with van der Waals surface area (Å²) in [6, 6.07) is 10.5. The zero-order valence-electron chi connectivity index (χ0n) is 11.1. The number of hydrogen-bond donors (Lipinski definition) is 2. The molecule has 3 N–H and O–H groups in total. The molecule has 0 aliphatic carbocycles. The van der Waals surface area contributed by atoms with Crippen LogP contribution in [0.2, 0.25) is 0 Å². The van der Waals surface area contributed by atoms with E-state index in [1.54, 1.807) is 24.5 Å². The Balaban J connectivity index is 1.92. The number of fused-ring (bicyclic) bond motifs is 1. The highest BCUT2D eigenvalue weighted by atomic mass is 79.9. The molecular weight excluding hydrogens is 333 g/mol. The van der Waals surface area contributed by atoms with E-state index in [1.807, 2.05) is 18.2 Å². The third kappa shape index (κ3) is 2.83. The fourth-order valence-electron chi connectivity index (χ4n) is 2.24. The second kappa shape index (κ2) is 5.69. The molecule has 0 radical (unpaired) electrons. The molecule has 0 spiro atoms. The van der Waals surface area contributed by atoms with E-state index >= 15 is 0 Å². The lowest BCUT2D eigenvalue weighted by molar-refractivity contribution is 0.612. The van der Waals surface area contributed by atoms with Crippen molar-refractivity contribution in [2.75, 3.05) is 11.1 Å². The van der Waals surface area contributed by atoms with Gasteiger partial charge in [0.25, 0.3) is 0 Å². The molecule has 5 heteroatoms. The van der Waals surface area contributed by atoms with Crippen molar-refractivity contribution < 1.29 is 4.39 Å². The van der Waals surface area contributed by atoms with Crippen LogP contribution < -0.4 is 11.1 Å². The van der Waals surface area contributed by atoms with Gasteiger partial charge in [-0.15, -0.1) is 0 Å². The minimum absolute atomic E-state index is 0.230. The molecule has 3 nitrogen and oxygen atoms in total.